The van der Waals surface area contributed by atoms with Crippen molar-refractivity contribution < 1.29 is 4.79 Å². The standard InChI is InChI=1S/C20H17OSe/c21-20(17-10-4-1-5-11-17)16-22(18-12-6-2-7-13-18)19-14-8-3-9-15-19/h1-15H,16H2. The Morgan fingerprint density at radius 1 is 0.636 bits per heavy atom. The van der Waals surface area contributed by atoms with Crippen LogP contribution in [0.3, 0.4) is 0 Å². The molecule has 22 heavy (non-hydrogen) atoms. The van der Waals surface area contributed by atoms with Crippen LogP contribution in [0.2, 0.25) is 5.32 Å². The van der Waals surface area contributed by atoms with Gasteiger partial charge in [-0.2, -0.15) is 0 Å². The van der Waals surface area contributed by atoms with Crippen molar-refractivity contribution in [1.82, 2.24) is 0 Å². The van der Waals surface area contributed by atoms with Gasteiger partial charge in [0.25, 0.3) is 0 Å². The fraction of sp³-hybridized carbons (Fsp3) is 0.0500. The van der Waals surface area contributed by atoms with E-state index in [1.807, 2.05) is 42.5 Å². The van der Waals surface area contributed by atoms with Gasteiger partial charge in [-0.1, -0.05) is 0 Å². The molecular formula is C20H17OSe. The van der Waals surface area contributed by atoms with Crippen LogP contribution in [0.1, 0.15) is 10.4 Å². The minimum atomic E-state index is -1.37. The average Bonchev–Trinajstić information content (AvgIpc) is 2.62. The summed E-state index contributed by atoms with van der Waals surface area (Å²) < 4.78 is 2.61. The second-order valence-corrected chi connectivity index (χ2v) is 9.17. The van der Waals surface area contributed by atoms with Gasteiger partial charge in [0.1, 0.15) is 0 Å². The number of rotatable bonds is 5. The molecule has 1 radical (unpaired) electrons. The van der Waals surface area contributed by atoms with Gasteiger partial charge in [-0.05, 0) is 0 Å². The molecule has 0 aliphatic carbocycles. The molecule has 3 aromatic carbocycles. The Balaban J connectivity index is 1.91. The van der Waals surface area contributed by atoms with E-state index in [0.717, 1.165) is 5.56 Å². The fourth-order valence-corrected chi connectivity index (χ4v) is 6.52. The van der Waals surface area contributed by atoms with Crippen LogP contribution in [0.5, 0.6) is 0 Å². The Hall–Kier alpha value is -2.15. The molecule has 0 heterocycles. The molecule has 0 aliphatic rings. The van der Waals surface area contributed by atoms with Gasteiger partial charge in [-0.15, -0.1) is 0 Å². The first-order valence-corrected chi connectivity index (χ1v) is 10.2. The average molecular weight is 352 g/mol. The number of hydrogen-bond donors (Lipinski definition) is 0. The van der Waals surface area contributed by atoms with E-state index in [0.29, 0.717) is 5.32 Å². The zero-order valence-corrected chi connectivity index (χ0v) is 13.9. The van der Waals surface area contributed by atoms with Crippen LogP contribution in [-0.2, 0) is 0 Å². The van der Waals surface area contributed by atoms with Crippen molar-refractivity contribution in [2.24, 2.45) is 0 Å². The van der Waals surface area contributed by atoms with E-state index in [-0.39, 0.29) is 5.78 Å². The first kappa shape index (κ1) is 14.8. The van der Waals surface area contributed by atoms with Crippen molar-refractivity contribution in [2.75, 3.05) is 0 Å². The summed E-state index contributed by atoms with van der Waals surface area (Å²) in [6.45, 7) is 0. The van der Waals surface area contributed by atoms with Gasteiger partial charge in [0, 0.05) is 0 Å². The number of carbonyl (C=O) groups excluding carboxylic acids is 1. The molecule has 0 spiro atoms. The Kier molecular flexibility index (Phi) is 4.85. The first-order chi connectivity index (χ1) is 10.8. The topological polar surface area (TPSA) is 17.1 Å². The van der Waals surface area contributed by atoms with Crippen molar-refractivity contribution >= 4 is 28.6 Å². The van der Waals surface area contributed by atoms with Crippen LogP contribution in [0.25, 0.3) is 0 Å². The predicted molar refractivity (Wildman–Crippen MR) is 93.5 cm³/mol. The van der Waals surface area contributed by atoms with E-state index >= 15 is 0 Å². The molecule has 0 aromatic heterocycles. The van der Waals surface area contributed by atoms with Gasteiger partial charge in [0.2, 0.25) is 0 Å². The van der Waals surface area contributed by atoms with Crippen LogP contribution < -0.4 is 8.92 Å². The van der Waals surface area contributed by atoms with Crippen molar-refractivity contribution in [3.63, 3.8) is 0 Å². The van der Waals surface area contributed by atoms with Gasteiger partial charge in [-0.3, -0.25) is 0 Å². The van der Waals surface area contributed by atoms with Crippen LogP contribution in [-0.4, -0.2) is 19.7 Å². The predicted octanol–water partition coefficient (Wildman–Crippen LogP) is 3.18. The summed E-state index contributed by atoms with van der Waals surface area (Å²) in [6, 6.07) is 30.5. The quantitative estimate of drug-likeness (QED) is 0.509. The molecular weight excluding hydrogens is 335 g/mol. The molecule has 1 nitrogen and oxygen atoms in total. The molecule has 109 valence electrons. The van der Waals surface area contributed by atoms with Crippen molar-refractivity contribution in [1.29, 1.82) is 0 Å². The van der Waals surface area contributed by atoms with Crippen LogP contribution >= 0.6 is 0 Å². The number of hydrogen-bond acceptors (Lipinski definition) is 1. The maximum absolute atomic E-state index is 12.6. The van der Waals surface area contributed by atoms with E-state index in [9.17, 15) is 4.79 Å². The SMILES string of the molecule is O=C(C[Se](c1ccccc1)c1ccccc1)c1ccccc1. The van der Waals surface area contributed by atoms with Gasteiger partial charge in [-0.25, -0.2) is 0 Å². The molecule has 2 heteroatoms. The second kappa shape index (κ2) is 7.22. The monoisotopic (exact) mass is 353 g/mol. The number of benzene rings is 3. The van der Waals surface area contributed by atoms with E-state index in [4.69, 9.17) is 0 Å². The van der Waals surface area contributed by atoms with Crippen LogP contribution in [0, 0.1) is 0 Å². The maximum atomic E-state index is 12.6. The second-order valence-electron chi connectivity index (χ2n) is 4.95. The first-order valence-electron chi connectivity index (χ1n) is 7.24. The minimum absolute atomic E-state index is 0.235. The normalized spacial score (nSPS) is 10.6. The number of carbonyl (C=O) groups is 1. The molecule has 0 saturated heterocycles. The Morgan fingerprint density at radius 3 is 1.50 bits per heavy atom. The molecule has 0 saturated carbocycles. The van der Waals surface area contributed by atoms with E-state index in [1.165, 1.54) is 8.92 Å². The summed E-state index contributed by atoms with van der Waals surface area (Å²) in [5.74, 6) is 0.235. The zero-order valence-electron chi connectivity index (χ0n) is 12.2. The van der Waals surface area contributed by atoms with Crippen molar-refractivity contribution in [3.05, 3.63) is 96.6 Å². The number of ketones is 1. The zero-order chi connectivity index (χ0) is 15.2. The van der Waals surface area contributed by atoms with Gasteiger partial charge in [0.15, 0.2) is 0 Å². The third kappa shape index (κ3) is 3.54. The molecule has 0 fully saturated rings. The van der Waals surface area contributed by atoms with E-state index in [1.54, 1.807) is 0 Å². The van der Waals surface area contributed by atoms with Crippen molar-refractivity contribution in [3.8, 4) is 0 Å². The summed E-state index contributed by atoms with van der Waals surface area (Å²) in [4.78, 5) is 12.6. The summed E-state index contributed by atoms with van der Waals surface area (Å²) in [5.41, 5.74) is 0.808. The number of Topliss-reactive ketones (excluding diaryl/α,β-unsaturated/α-hetero) is 1. The third-order valence-corrected chi connectivity index (χ3v) is 8.11. The van der Waals surface area contributed by atoms with Gasteiger partial charge >= 0.3 is 135 Å². The van der Waals surface area contributed by atoms with Crippen LogP contribution in [0.15, 0.2) is 91.0 Å². The molecule has 3 aromatic rings. The third-order valence-electron chi connectivity index (χ3n) is 3.43. The fourth-order valence-electron chi connectivity index (χ4n) is 2.31. The molecule has 0 atom stereocenters. The Bertz CT molecular complexity index is 684. The van der Waals surface area contributed by atoms with E-state index < -0.39 is 13.9 Å². The molecule has 0 unspecified atom stereocenters. The summed E-state index contributed by atoms with van der Waals surface area (Å²) in [7, 11) is 0. The van der Waals surface area contributed by atoms with Gasteiger partial charge in [0.05, 0.1) is 0 Å². The Labute approximate surface area is 135 Å². The Morgan fingerprint density at radius 2 is 1.05 bits per heavy atom. The van der Waals surface area contributed by atoms with E-state index in [2.05, 4.69) is 48.5 Å². The molecule has 0 N–H and O–H groups in total. The van der Waals surface area contributed by atoms with Gasteiger partial charge < -0.3 is 0 Å². The molecule has 0 bridgehead atoms. The summed E-state index contributed by atoms with van der Waals surface area (Å²) in [5, 5.41) is 0.609. The molecule has 0 aliphatic heterocycles. The molecule has 0 amide bonds. The van der Waals surface area contributed by atoms with Crippen LogP contribution in [0.4, 0.5) is 0 Å². The summed E-state index contributed by atoms with van der Waals surface area (Å²) >= 11 is -1.37. The molecule has 3 rings (SSSR count). The summed E-state index contributed by atoms with van der Waals surface area (Å²) in [6.07, 6.45) is 0. The van der Waals surface area contributed by atoms with Crippen molar-refractivity contribution in [2.45, 2.75) is 5.32 Å².